The molecule has 40 heavy (non-hydrogen) atoms. The molecule has 0 unspecified atom stereocenters. The molecule has 210 valence electrons. The number of carbonyl (C=O) groups excluding carboxylic acids is 3. The molecule has 6 heterocycles. The second-order valence-electron chi connectivity index (χ2n) is 10.8. The second-order valence-corrected chi connectivity index (χ2v) is 13.5. The van der Waals surface area contributed by atoms with E-state index in [1.165, 1.54) is 17.4 Å². The number of fused-ring (bicyclic) bond motifs is 2. The van der Waals surface area contributed by atoms with E-state index in [9.17, 15) is 28.7 Å². The Labute approximate surface area is 234 Å². The van der Waals surface area contributed by atoms with Gasteiger partial charge in [-0.25, -0.2) is 0 Å². The zero-order chi connectivity index (χ0) is 28.0. The van der Waals surface area contributed by atoms with Gasteiger partial charge in [-0.15, -0.1) is 11.3 Å². The summed E-state index contributed by atoms with van der Waals surface area (Å²) in [7, 11) is -4.27. The van der Waals surface area contributed by atoms with Crippen LogP contribution in [0.15, 0.2) is 42.7 Å². The number of thiophene rings is 1. The molecule has 3 N–H and O–H groups in total. The van der Waals surface area contributed by atoms with Gasteiger partial charge in [-0.05, 0) is 61.9 Å². The summed E-state index contributed by atoms with van der Waals surface area (Å²) in [6.07, 6.45) is 6.56. The van der Waals surface area contributed by atoms with Crippen molar-refractivity contribution in [1.29, 1.82) is 0 Å². The summed E-state index contributed by atoms with van der Waals surface area (Å²) >= 11 is 1.21. The molecule has 0 spiro atoms. The number of amides is 3. The lowest BCUT2D eigenvalue weighted by atomic mass is 9.92. The number of hydrogen-bond acceptors (Lipinski definition) is 7. The Morgan fingerprint density at radius 3 is 2.70 bits per heavy atom. The summed E-state index contributed by atoms with van der Waals surface area (Å²) < 4.78 is 12.0. The van der Waals surface area contributed by atoms with E-state index in [2.05, 4.69) is 15.3 Å². The number of hydrogen-bond donors (Lipinski definition) is 3. The number of nitrogens with zero attached hydrogens (tertiary/aromatic N) is 4. The van der Waals surface area contributed by atoms with Gasteiger partial charge in [0.2, 0.25) is 11.8 Å². The standard InChI is InChI=1S/C27H30N5O6PS/c33-25(24-11-21-23(40-24)9-6-18(29-21)15-39(36,37)38)30-20-5-1-4-19-7-8-22(32(19)26(20)34)27(35)31-13-17(14-31)16-3-2-10-28-12-16/h2-3,6,9-12,17,19-20,22H,1,4-5,7-8,13-15H2,(H,30,33)(H2,36,37,38)/t19-,20-,22-/m0/s1. The highest BCUT2D eigenvalue weighted by Gasteiger charge is 2.47. The minimum atomic E-state index is -4.27. The lowest BCUT2D eigenvalue weighted by molar-refractivity contribution is -0.148. The minimum Gasteiger partial charge on any atom is -0.340 e. The van der Waals surface area contributed by atoms with Crippen LogP contribution in [-0.2, 0) is 20.3 Å². The molecule has 3 saturated heterocycles. The molecule has 13 heteroatoms. The largest absolute Gasteiger partial charge is 0.340 e. The third-order valence-corrected chi connectivity index (χ3v) is 9.87. The smallest absolute Gasteiger partial charge is 0.331 e. The molecule has 3 aliphatic heterocycles. The summed E-state index contributed by atoms with van der Waals surface area (Å²) in [5.41, 5.74) is 1.82. The molecular weight excluding hydrogens is 553 g/mol. The van der Waals surface area contributed by atoms with Crippen molar-refractivity contribution in [3.05, 3.63) is 58.9 Å². The summed E-state index contributed by atoms with van der Waals surface area (Å²) in [5, 5.41) is 2.89. The van der Waals surface area contributed by atoms with Crippen molar-refractivity contribution in [1.82, 2.24) is 25.1 Å². The third kappa shape index (κ3) is 5.41. The van der Waals surface area contributed by atoms with E-state index in [4.69, 9.17) is 0 Å². The van der Waals surface area contributed by atoms with Crippen LogP contribution in [0.5, 0.6) is 0 Å². The molecule has 3 amide bonds. The molecule has 3 atom stereocenters. The van der Waals surface area contributed by atoms with E-state index >= 15 is 0 Å². The second kappa shape index (κ2) is 10.7. The fourth-order valence-corrected chi connectivity index (χ4v) is 7.54. The minimum absolute atomic E-state index is 0.000260. The number of rotatable bonds is 6. The summed E-state index contributed by atoms with van der Waals surface area (Å²) in [4.78, 5) is 71.2. The Morgan fingerprint density at radius 2 is 1.95 bits per heavy atom. The topological polar surface area (TPSA) is 153 Å². The lowest BCUT2D eigenvalue weighted by Gasteiger charge is -2.42. The van der Waals surface area contributed by atoms with Gasteiger partial charge in [0.05, 0.1) is 26.9 Å². The maximum absolute atomic E-state index is 13.7. The Kier molecular flexibility index (Phi) is 7.20. The first-order chi connectivity index (χ1) is 19.2. The fourth-order valence-electron chi connectivity index (χ4n) is 6.04. The number of likely N-dealkylation sites (tertiary alicyclic amines) is 1. The third-order valence-electron chi connectivity index (χ3n) is 8.05. The van der Waals surface area contributed by atoms with E-state index < -0.39 is 31.7 Å². The fraction of sp³-hybridized carbons (Fsp3) is 0.444. The molecule has 0 aliphatic carbocycles. The first-order valence-corrected chi connectivity index (χ1v) is 16.0. The highest BCUT2D eigenvalue weighted by Crippen LogP contribution is 2.39. The van der Waals surface area contributed by atoms with Crippen LogP contribution in [0.25, 0.3) is 10.2 Å². The molecule has 0 radical (unpaired) electrons. The molecule has 0 aromatic carbocycles. The van der Waals surface area contributed by atoms with E-state index in [0.29, 0.717) is 41.0 Å². The molecule has 0 saturated carbocycles. The molecule has 0 bridgehead atoms. The molecule has 11 nitrogen and oxygen atoms in total. The molecule has 3 aromatic heterocycles. The number of aromatic nitrogens is 2. The maximum Gasteiger partial charge on any atom is 0.331 e. The van der Waals surface area contributed by atoms with Crippen LogP contribution in [0.4, 0.5) is 0 Å². The SMILES string of the molecule is O=C(N[C@H]1CCC[C@H]2CC[C@@H](C(=O)N3CC(c4cccnc4)C3)N2C1=O)c1cc2nc(CP(=O)(O)O)ccc2s1. The first kappa shape index (κ1) is 27.0. The number of pyridine rings is 2. The molecular formula is C27H30N5O6PS. The molecule has 3 aromatic rings. The average molecular weight is 584 g/mol. The van der Waals surface area contributed by atoms with Crippen LogP contribution in [-0.4, -0.2) is 78.5 Å². The van der Waals surface area contributed by atoms with E-state index in [1.54, 1.807) is 23.2 Å². The maximum atomic E-state index is 13.7. The highest BCUT2D eigenvalue weighted by atomic mass is 32.1. The van der Waals surface area contributed by atoms with Crippen molar-refractivity contribution in [3.63, 3.8) is 0 Å². The van der Waals surface area contributed by atoms with E-state index in [0.717, 1.165) is 24.8 Å². The lowest BCUT2D eigenvalue weighted by Crippen LogP contribution is -2.58. The van der Waals surface area contributed by atoms with Crippen molar-refractivity contribution >= 4 is 46.9 Å². The van der Waals surface area contributed by atoms with Crippen LogP contribution in [0.1, 0.15) is 59.0 Å². The normalized spacial score (nSPS) is 23.6. The van der Waals surface area contributed by atoms with Crippen LogP contribution in [0, 0.1) is 0 Å². The monoisotopic (exact) mass is 583 g/mol. The van der Waals surface area contributed by atoms with E-state index in [1.807, 2.05) is 23.2 Å². The van der Waals surface area contributed by atoms with Crippen molar-refractivity contribution in [2.75, 3.05) is 13.1 Å². The quantitative estimate of drug-likeness (QED) is 0.375. The Balaban J connectivity index is 1.13. The Bertz CT molecular complexity index is 1500. The Morgan fingerprint density at radius 1 is 1.12 bits per heavy atom. The zero-order valence-corrected chi connectivity index (χ0v) is 23.4. The van der Waals surface area contributed by atoms with Gasteiger partial charge in [-0.3, -0.25) is 28.9 Å². The van der Waals surface area contributed by atoms with Crippen LogP contribution in [0.3, 0.4) is 0 Å². The Hall–Kier alpha value is -3.18. The predicted molar refractivity (Wildman–Crippen MR) is 148 cm³/mol. The van der Waals surface area contributed by atoms with Gasteiger partial charge >= 0.3 is 7.60 Å². The van der Waals surface area contributed by atoms with Gasteiger partial charge in [-0.1, -0.05) is 6.07 Å². The first-order valence-electron chi connectivity index (χ1n) is 13.4. The zero-order valence-electron chi connectivity index (χ0n) is 21.7. The number of nitrogens with one attached hydrogen (secondary N) is 1. The van der Waals surface area contributed by atoms with Crippen molar-refractivity contribution in [2.24, 2.45) is 0 Å². The van der Waals surface area contributed by atoms with Gasteiger partial charge in [0, 0.05) is 37.4 Å². The predicted octanol–water partition coefficient (Wildman–Crippen LogP) is 2.64. The van der Waals surface area contributed by atoms with Gasteiger partial charge in [0.15, 0.2) is 0 Å². The highest BCUT2D eigenvalue weighted by molar-refractivity contribution is 7.50. The van der Waals surface area contributed by atoms with Crippen LogP contribution in [0.2, 0.25) is 0 Å². The van der Waals surface area contributed by atoms with Gasteiger partial charge in [0.1, 0.15) is 12.1 Å². The summed E-state index contributed by atoms with van der Waals surface area (Å²) in [6.45, 7) is 1.23. The molecule has 3 aliphatic rings. The summed E-state index contributed by atoms with van der Waals surface area (Å²) in [5.74, 6) is -0.380. The van der Waals surface area contributed by atoms with Gasteiger partial charge < -0.3 is 24.9 Å². The number of carbonyl (C=O) groups is 3. The van der Waals surface area contributed by atoms with E-state index in [-0.39, 0.29) is 29.5 Å². The summed E-state index contributed by atoms with van der Waals surface area (Å²) in [6, 6.07) is 7.48. The molecule has 6 rings (SSSR count). The molecule has 3 fully saturated rings. The average Bonchev–Trinajstić information content (AvgIpc) is 3.47. The van der Waals surface area contributed by atoms with Crippen LogP contribution < -0.4 is 5.32 Å². The van der Waals surface area contributed by atoms with Crippen LogP contribution >= 0.6 is 18.9 Å². The van der Waals surface area contributed by atoms with Crippen molar-refractivity contribution < 1.29 is 28.7 Å². The van der Waals surface area contributed by atoms with Crippen molar-refractivity contribution in [3.8, 4) is 0 Å². The van der Waals surface area contributed by atoms with Crippen molar-refractivity contribution in [2.45, 2.75) is 62.3 Å². The van der Waals surface area contributed by atoms with Gasteiger partial charge in [0.25, 0.3) is 5.91 Å². The van der Waals surface area contributed by atoms with Gasteiger partial charge in [-0.2, -0.15) is 0 Å².